The van der Waals surface area contributed by atoms with Gasteiger partial charge in [0.2, 0.25) is 5.91 Å². The van der Waals surface area contributed by atoms with Gasteiger partial charge in [0.1, 0.15) is 0 Å². The van der Waals surface area contributed by atoms with E-state index in [1.807, 2.05) is 6.92 Å². The van der Waals surface area contributed by atoms with E-state index in [9.17, 15) is 4.79 Å². The van der Waals surface area contributed by atoms with Crippen LogP contribution in [-0.2, 0) is 11.3 Å². The fraction of sp³-hybridized carbons (Fsp3) is 0.500. The number of nitrogens with two attached hydrogens (primary N) is 1. The zero-order valence-corrected chi connectivity index (χ0v) is 9.36. The Balaban J connectivity index is 2.47. The van der Waals surface area contributed by atoms with Crippen molar-refractivity contribution in [1.82, 2.24) is 5.32 Å². The van der Waals surface area contributed by atoms with Crippen molar-refractivity contribution in [2.75, 3.05) is 0 Å². The van der Waals surface area contributed by atoms with Gasteiger partial charge in [0.15, 0.2) is 0 Å². The van der Waals surface area contributed by atoms with Gasteiger partial charge in [-0.15, -0.1) is 11.3 Å². The van der Waals surface area contributed by atoms with Crippen LogP contribution in [0.25, 0.3) is 0 Å². The molecule has 1 unspecified atom stereocenters. The Morgan fingerprint density at radius 1 is 1.71 bits per heavy atom. The molecule has 0 aliphatic carbocycles. The number of aryl methyl sites for hydroxylation is 1. The van der Waals surface area contributed by atoms with Gasteiger partial charge < -0.3 is 11.1 Å². The number of nitrogens with one attached hydrogen (secondary N) is 1. The highest BCUT2D eigenvalue weighted by atomic mass is 32.1. The zero-order valence-electron chi connectivity index (χ0n) is 8.54. The second-order valence-corrected chi connectivity index (χ2v) is 4.27. The maximum atomic E-state index is 10.9. The fourth-order valence-corrected chi connectivity index (χ4v) is 2.10. The highest BCUT2D eigenvalue weighted by Crippen LogP contribution is 2.15. The van der Waals surface area contributed by atoms with Gasteiger partial charge in [-0.3, -0.25) is 4.79 Å². The Kier molecular flexibility index (Phi) is 4.10. The first kappa shape index (κ1) is 11.2. The maximum absolute atomic E-state index is 10.9. The molecule has 1 rings (SSSR count). The van der Waals surface area contributed by atoms with Crippen molar-refractivity contribution in [2.45, 2.75) is 32.9 Å². The van der Waals surface area contributed by atoms with E-state index in [0.717, 1.165) is 13.0 Å². The van der Waals surface area contributed by atoms with Crippen molar-refractivity contribution in [3.63, 3.8) is 0 Å². The van der Waals surface area contributed by atoms with Gasteiger partial charge in [-0.25, -0.2) is 0 Å². The molecule has 14 heavy (non-hydrogen) atoms. The van der Waals surface area contributed by atoms with Crippen LogP contribution in [0.3, 0.4) is 0 Å². The van der Waals surface area contributed by atoms with Crippen LogP contribution in [0.2, 0.25) is 0 Å². The molecule has 0 aliphatic heterocycles. The zero-order chi connectivity index (χ0) is 10.6. The lowest BCUT2D eigenvalue weighted by atomic mass is 10.2. The first-order chi connectivity index (χ1) is 6.65. The summed E-state index contributed by atoms with van der Waals surface area (Å²) in [5.41, 5.74) is 6.49. The molecule has 1 amide bonds. The number of hydrogen-bond donors (Lipinski definition) is 2. The Bertz CT molecular complexity index is 309. The van der Waals surface area contributed by atoms with Gasteiger partial charge in [-0.1, -0.05) is 6.92 Å². The Morgan fingerprint density at radius 2 is 2.43 bits per heavy atom. The Morgan fingerprint density at radius 3 is 2.86 bits per heavy atom. The minimum atomic E-state index is -0.276. The van der Waals surface area contributed by atoms with Crippen molar-refractivity contribution in [3.05, 3.63) is 21.9 Å². The highest BCUT2D eigenvalue weighted by molar-refractivity contribution is 7.10. The van der Waals surface area contributed by atoms with Gasteiger partial charge in [0.25, 0.3) is 0 Å². The molecule has 78 valence electrons. The number of primary amides is 1. The number of carbonyl (C=O) groups excluding carboxylic acids is 1. The summed E-state index contributed by atoms with van der Waals surface area (Å²) in [6.07, 6.45) is 0.736. The van der Waals surface area contributed by atoms with Gasteiger partial charge in [-0.05, 0) is 30.4 Å². The normalized spacial score (nSPS) is 12.7. The lowest BCUT2D eigenvalue weighted by Gasteiger charge is -2.12. The van der Waals surface area contributed by atoms with E-state index < -0.39 is 0 Å². The van der Waals surface area contributed by atoms with E-state index in [0.29, 0.717) is 0 Å². The fourth-order valence-electron chi connectivity index (χ4n) is 1.25. The molecule has 4 heteroatoms. The van der Waals surface area contributed by atoms with Crippen LogP contribution < -0.4 is 11.1 Å². The van der Waals surface area contributed by atoms with E-state index >= 15 is 0 Å². The predicted octanol–water partition coefficient (Wildman–Crippen LogP) is 1.41. The van der Waals surface area contributed by atoms with Crippen molar-refractivity contribution in [2.24, 2.45) is 5.73 Å². The summed E-state index contributed by atoms with van der Waals surface area (Å²) in [6, 6.07) is 1.86. The van der Waals surface area contributed by atoms with Crippen LogP contribution in [0.5, 0.6) is 0 Å². The Hall–Kier alpha value is -0.870. The summed E-state index contributed by atoms with van der Waals surface area (Å²) >= 11 is 1.70. The maximum Gasteiger partial charge on any atom is 0.234 e. The molecular weight excluding hydrogens is 196 g/mol. The third-order valence-corrected chi connectivity index (χ3v) is 3.25. The van der Waals surface area contributed by atoms with Gasteiger partial charge in [-0.2, -0.15) is 0 Å². The second-order valence-electron chi connectivity index (χ2n) is 3.27. The molecule has 0 radical (unpaired) electrons. The molecule has 0 spiro atoms. The number of hydrogen-bond acceptors (Lipinski definition) is 3. The first-order valence-electron chi connectivity index (χ1n) is 4.70. The molecular formula is C10H16N2OS. The quantitative estimate of drug-likeness (QED) is 0.775. The van der Waals surface area contributed by atoms with Gasteiger partial charge in [0.05, 0.1) is 6.04 Å². The van der Waals surface area contributed by atoms with E-state index in [2.05, 4.69) is 23.7 Å². The number of carbonyl (C=O) groups is 1. The minimum absolute atomic E-state index is 0.212. The molecule has 0 aromatic carbocycles. The average Bonchev–Trinajstić information content (AvgIpc) is 2.52. The molecule has 0 saturated carbocycles. The number of amides is 1. The molecule has 0 bridgehead atoms. The van der Waals surface area contributed by atoms with E-state index in [1.165, 1.54) is 10.4 Å². The summed E-state index contributed by atoms with van der Waals surface area (Å²) < 4.78 is 0. The molecule has 0 saturated heterocycles. The molecule has 1 atom stereocenters. The smallest absolute Gasteiger partial charge is 0.234 e. The van der Waals surface area contributed by atoms with E-state index in [1.54, 1.807) is 11.3 Å². The third-order valence-electron chi connectivity index (χ3n) is 2.23. The van der Waals surface area contributed by atoms with Crippen LogP contribution >= 0.6 is 11.3 Å². The lowest BCUT2D eigenvalue weighted by molar-refractivity contribution is -0.120. The summed E-state index contributed by atoms with van der Waals surface area (Å²) in [6.45, 7) is 4.74. The molecule has 3 nitrogen and oxygen atoms in total. The summed E-state index contributed by atoms with van der Waals surface area (Å²) in [5, 5.41) is 5.20. The predicted molar refractivity (Wildman–Crippen MR) is 59.2 cm³/mol. The summed E-state index contributed by atoms with van der Waals surface area (Å²) in [5.74, 6) is -0.276. The van der Waals surface area contributed by atoms with Crippen LogP contribution in [-0.4, -0.2) is 11.9 Å². The van der Waals surface area contributed by atoms with Crippen LogP contribution in [0.4, 0.5) is 0 Å². The SMILES string of the molecule is CCC(NCc1sccc1C)C(N)=O. The molecule has 0 aliphatic rings. The van der Waals surface area contributed by atoms with Gasteiger partial charge in [0, 0.05) is 11.4 Å². The van der Waals surface area contributed by atoms with Gasteiger partial charge >= 0.3 is 0 Å². The van der Waals surface area contributed by atoms with Crippen molar-refractivity contribution >= 4 is 17.2 Å². The van der Waals surface area contributed by atoms with E-state index in [4.69, 9.17) is 5.73 Å². The average molecular weight is 212 g/mol. The van der Waals surface area contributed by atoms with Crippen molar-refractivity contribution in [1.29, 1.82) is 0 Å². The van der Waals surface area contributed by atoms with Crippen molar-refractivity contribution in [3.8, 4) is 0 Å². The molecule has 1 aromatic heterocycles. The lowest BCUT2D eigenvalue weighted by Crippen LogP contribution is -2.40. The molecule has 1 aromatic rings. The van der Waals surface area contributed by atoms with Crippen LogP contribution in [0.1, 0.15) is 23.8 Å². The third kappa shape index (κ3) is 2.82. The second kappa shape index (κ2) is 5.12. The molecule has 0 fully saturated rings. The number of rotatable bonds is 5. The first-order valence-corrected chi connectivity index (χ1v) is 5.58. The highest BCUT2D eigenvalue weighted by Gasteiger charge is 2.12. The minimum Gasteiger partial charge on any atom is -0.368 e. The van der Waals surface area contributed by atoms with Crippen LogP contribution in [0.15, 0.2) is 11.4 Å². The molecule has 3 N–H and O–H groups in total. The number of thiophene rings is 1. The monoisotopic (exact) mass is 212 g/mol. The Labute approximate surface area is 88.3 Å². The largest absolute Gasteiger partial charge is 0.368 e. The molecule has 1 heterocycles. The van der Waals surface area contributed by atoms with Crippen molar-refractivity contribution < 1.29 is 4.79 Å². The topological polar surface area (TPSA) is 55.1 Å². The summed E-state index contributed by atoms with van der Waals surface area (Å²) in [7, 11) is 0. The standard InChI is InChI=1S/C10H16N2OS/c1-3-8(10(11)13)12-6-9-7(2)4-5-14-9/h4-5,8,12H,3,6H2,1-2H3,(H2,11,13). The van der Waals surface area contributed by atoms with Crippen LogP contribution in [0, 0.1) is 6.92 Å². The summed E-state index contributed by atoms with van der Waals surface area (Å²) in [4.78, 5) is 12.2. The van der Waals surface area contributed by atoms with E-state index in [-0.39, 0.29) is 11.9 Å².